The van der Waals surface area contributed by atoms with Crippen LogP contribution in [0, 0.1) is 0 Å². The van der Waals surface area contributed by atoms with E-state index in [0.29, 0.717) is 6.85 Å². The van der Waals surface area contributed by atoms with Crippen LogP contribution in [-0.2, 0) is 0 Å². The maximum absolute atomic E-state index is 3.48. The molecule has 1 nitrogen and oxygen atoms in total. The summed E-state index contributed by atoms with van der Waals surface area (Å²) in [6, 6.07) is 8.39. The minimum atomic E-state index is 0.404. The van der Waals surface area contributed by atoms with Crippen molar-refractivity contribution >= 4 is 18.6 Å². The summed E-state index contributed by atoms with van der Waals surface area (Å²) >= 11 is 0. The highest BCUT2D eigenvalue weighted by molar-refractivity contribution is 6.71. The Balaban J connectivity index is 2.43. The average Bonchev–Trinajstić information content (AvgIpc) is 2.19. The smallest absolute Gasteiger partial charge is 0.282 e. The summed E-state index contributed by atoms with van der Waals surface area (Å²) in [7, 11) is 0. The van der Waals surface area contributed by atoms with Gasteiger partial charge in [0, 0.05) is 5.69 Å². The first-order valence-electron chi connectivity index (χ1n) is 5.01. The predicted molar refractivity (Wildman–Crippen MR) is 64.5 cm³/mol. The van der Waals surface area contributed by atoms with E-state index in [0.717, 1.165) is 0 Å². The van der Waals surface area contributed by atoms with Gasteiger partial charge in [0.25, 0.3) is 6.85 Å². The van der Waals surface area contributed by atoms with Crippen molar-refractivity contribution in [2.75, 3.05) is 5.23 Å². The number of fused-ring (bicyclic) bond motifs is 1. The molecular weight excluding hydrogens is 169 g/mol. The lowest BCUT2D eigenvalue weighted by Crippen LogP contribution is -2.26. The van der Waals surface area contributed by atoms with Crippen molar-refractivity contribution in [2.45, 2.75) is 13.7 Å². The molecule has 1 aliphatic rings. The monoisotopic (exact) mass is 183 g/mol. The molecule has 0 aromatic heterocycles. The summed E-state index contributed by atoms with van der Waals surface area (Å²) in [6.07, 6.45) is 6.49. The van der Waals surface area contributed by atoms with Gasteiger partial charge in [0.2, 0.25) is 0 Å². The van der Waals surface area contributed by atoms with E-state index in [1.54, 1.807) is 0 Å². The van der Waals surface area contributed by atoms with Gasteiger partial charge in [0.15, 0.2) is 0 Å². The van der Waals surface area contributed by atoms with Crippen LogP contribution in [0.15, 0.2) is 41.9 Å². The lowest BCUT2D eigenvalue weighted by Gasteiger charge is -2.21. The van der Waals surface area contributed by atoms with E-state index >= 15 is 0 Å². The molecule has 0 unspecified atom stereocenters. The van der Waals surface area contributed by atoms with Crippen molar-refractivity contribution in [3.63, 3.8) is 0 Å². The van der Waals surface area contributed by atoms with Crippen molar-refractivity contribution in [2.24, 2.45) is 0 Å². The molecule has 1 aromatic carbocycles. The van der Waals surface area contributed by atoms with E-state index in [4.69, 9.17) is 0 Å². The Hall–Kier alpha value is -1.44. The molecule has 0 saturated heterocycles. The topological polar surface area (TPSA) is 12.0 Å². The number of hydrogen-bond acceptors (Lipinski definition) is 1. The van der Waals surface area contributed by atoms with Crippen molar-refractivity contribution in [3.8, 4) is 0 Å². The third-order valence-corrected chi connectivity index (χ3v) is 2.51. The molecule has 2 heteroatoms. The fraction of sp³-hybridized carbons (Fsp3) is 0.167. The molecule has 0 saturated carbocycles. The lowest BCUT2D eigenvalue weighted by molar-refractivity contribution is 1.56. The second kappa shape index (κ2) is 3.75. The van der Waals surface area contributed by atoms with Gasteiger partial charge < -0.3 is 5.23 Å². The van der Waals surface area contributed by atoms with Crippen molar-refractivity contribution in [1.82, 2.24) is 0 Å². The Morgan fingerprint density at radius 2 is 2.07 bits per heavy atom. The summed E-state index contributed by atoms with van der Waals surface area (Å²) in [4.78, 5) is 0. The summed E-state index contributed by atoms with van der Waals surface area (Å²) < 4.78 is 0. The van der Waals surface area contributed by atoms with Crippen LogP contribution in [0.5, 0.6) is 0 Å². The lowest BCUT2D eigenvalue weighted by atomic mass is 9.55. The zero-order valence-corrected chi connectivity index (χ0v) is 8.62. The largest absolute Gasteiger partial charge is 0.424 e. The van der Waals surface area contributed by atoms with E-state index in [1.807, 2.05) is 6.92 Å². The molecule has 0 aliphatic carbocycles. The van der Waals surface area contributed by atoms with Gasteiger partial charge in [-0.1, -0.05) is 48.7 Å². The van der Waals surface area contributed by atoms with Gasteiger partial charge in [0.05, 0.1) is 0 Å². The van der Waals surface area contributed by atoms with Gasteiger partial charge in [-0.25, -0.2) is 0 Å². The van der Waals surface area contributed by atoms with Gasteiger partial charge in [-0.15, -0.1) is 0 Å². The quantitative estimate of drug-likeness (QED) is 0.659. The molecule has 70 valence electrons. The van der Waals surface area contributed by atoms with E-state index < -0.39 is 0 Å². The van der Waals surface area contributed by atoms with Gasteiger partial charge in [-0.3, -0.25) is 0 Å². The molecule has 0 bridgehead atoms. The summed E-state index contributed by atoms with van der Waals surface area (Å²) in [5.41, 5.74) is 3.85. The second-order valence-corrected chi connectivity index (χ2v) is 3.60. The molecule has 0 fully saturated rings. The van der Waals surface area contributed by atoms with Crippen molar-refractivity contribution < 1.29 is 0 Å². The molecule has 0 amide bonds. The molecule has 1 heterocycles. The van der Waals surface area contributed by atoms with Crippen LogP contribution in [0.25, 0.3) is 6.08 Å². The van der Waals surface area contributed by atoms with Crippen LogP contribution < -0.4 is 5.23 Å². The van der Waals surface area contributed by atoms with Crippen LogP contribution >= 0.6 is 0 Å². The SMILES string of the molecule is C/C=C\C1=Cc2ccccc2NB1C. The zero-order chi connectivity index (χ0) is 9.97. The van der Waals surface area contributed by atoms with E-state index in [2.05, 4.69) is 54.5 Å². The fourth-order valence-corrected chi connectivity index (χ4v) is 1.76. The van der Waals surface area contributed by atoms with Crippen molar-refractivity contribution in [1.29, 1.82) is 0 Å². The second-order valence-electron chi connectivity index (χ2n) is 3.60. The standard InChI is InChI=1S/C12H14BN/c1-3-6-11-9-10-7-4-5-8-12(10)14-13(11)2/h3-9,14H,1-2H3/b6-3-. The number of benzene rings is 1. The highest BCUT2D eigenvalue weighted by Gasteiger charge is 2.17. The zero-order valence-electron chi connectivity index (χ0n) is 8.62. The fourth-order valence-electron chi connectivity index (χ4n) is 1.76. The minimum absolute atomic E-state index is 0.404. The molecule has 0 atom stereocenters. The van der Waals surface area contributed by atoms with Gasteiger partial charge in [0.1, 0.15) is 0 Å². The van der Waals surface area contributed by atoms with Crippen LogP contribution in [-0.4, -0.2) is 6.85 Å². The molecule has 14 heavy (non-hydrogen) atoms. The average molecular weight is 183 g/mol. The summed E-state index contributed by atoms with van der Waals surface area (Å²) in [5, 5.41) is 3.48. The van der Waals surface area contributed by atoms with Gasteiger partial charge >= 0.3 is 0 Å². The van der Waals surface area contributed by atoms with E-state index in [1.165, 1.54) is 16.7 Å². The minimum Gasteiger partial charge on any atom is -0.424 e. The maximum Gasteiger partial charge on any atom is 0.282 e. The van der Waals surface area contributed by atoms with Crippen molar-refractivity contribution in [3.05, 3.63) is 47.5 Å². The molecular formula is C12H14BN. The molecule has 1 aliphatic heterocycles. The molecule has 1 N–H and O–H groups in total. The number of allylic oxidation sites excluding steroid dienone is 3. The highest BCUT2D eigenvalue weighted by Crippen LogP contribution is 2.25. The number of anilines is 1. The van der Waals surface area contributed by atoms with Crippen LogP contribution in [0.3, 0.4) is 0 Å². The van der Waals surface area contributed by atoms with Crippen LogP contribution in [0.4, 0.5) is 5.69 Å². The summed E-state index contributed by atoms with van der Waals surface area (Å²) in [6.45, 7) is 4.64. The van der Waals surface area contributed by atoms with Crippen LogP contribution in [0.2, 0.25) is 6.82 Å². The number of hydrogen-bond donors (Lipinski definition) is 1. The van der Waals surface area contributed by atoms with E-state index in [-0.39, 0.29) is 0 Å². The molecule has 0 radical (unpaired) electrons. The third-order valence-electron chi connectivity index (χ3n) is 2.51. The number of rotatable bonds is 1. The third kappa shape index (κ3) is 1.60. The Labute approximate surface area is 85.6 Å². The normalized spacial score (nSPS) is 15.0. The molecule has 0 spiro atoms. The predicted octanol–water partition coefficient (Wildman–Crippen LogP) is 3.23. The van der Waals surface area contributed by atoms with Gasteiger partial charge in [-0.2, -0.15) is 0 Å². The Morgan fingerprint density at radius 3 is 2.86 bits per heavy atom. The Kier molecular flexibility index (Phi) is 2.44. The summed E-state index contributed by atoms with van der Waals surface area (Å²) in [5.74, 6) is 0. The first-order chi connectivity index (χ1) is 6.81. The number of nitrogens with one attached hydrogen (secondary N) is 1. The highest BCUT2D eigenvalue weighted by atomic mass is 14.8. The molecule has 1 aromatic rings. The maximum atomic E-state index is 3.48. The first-order valence-corrected chi connectivity index (χ1v) is 5.01. The Bertz CT molecular complexity index is 393. The Morgan fingerprint density at radius 1 is 1.29 bits per heavy atom. The first kappa shape index (κ1) is 9.13. The van der Waals surface area contributed by atoms with Crippen LogP contribution in [0.1, 0.15) is 12.5 Å². The molecule has 2 rings (SSSR count). The van der Waals surface area contributed by atoms with Gasteiger partial charge in [-0.05, 0) is 18.6 Å². The number of para-hydroxylation sites is 1. The van der Waals surface area contributed by atoms with E-state index in [9.17, 15) is 0 Å².